The third-order valence-corrected chi connectivity index (χ3v) is 2.96. The summed E-state index contributed by atoms with van der Waals surface area (Å²) in [5.74, 6) is -1.58. The van der Waals surface area contributed by atoms with E-state index in [0.717, 1.165) is 13.1 Å². The highest BCUT2D eigenvalue weighted by molar-refractivity contribution is 6.32. The SMILES string of the molecule is Cn1nc(-c2c(F)cc(Cl)c(O)c2N)cc1C(F)(F)F. The second kappa shape index (κ2) is 4.55. The second-order valence-electron chi connectivity index (χ2n) is 4.01. The van der Waals surface area contributed by atoms with Gasteiger partial charge < -0.3 is 10.8 Å². The maximum atomic E-state index is 13.8. The number of benzene rings is 1. The van der Waals surface area contributed by atoms with Gasteiger partial charge >= 0.3 is 6.18 Å². The Kier molecular flexibility index (Phi) is 3.29. The summed E-state index contributed by atoms with van der Waals surface area (Å²) in [7, 11) is 1.07. The first-order chi connectivity index (χ1) is 9.12. The standard InChI is InChI=1S/C11H8ClF4N3O/c1-19-7(11(14,15)16)3-6(18-19)8-5(13)2-4(12)10(20)9(8)17/h2-3,20H,17H2,1H3. The van der Waals surface area contributed by atoms with Crippen molar-refractivity contribution < 1.29 is 22.7 Å². The summed E-state index contributed by atoms with van der Waals surface area (Å²) in [5.41, 5.74) is 3.16. The molecule has 1 heterocycles. The van der Waals surface area contributed by atoms with E-state index >= 15 is 0 Å². The molecule has 3 N–H and O–H groups in total. The number of aryl methyl sites for hydroxylation is 1. The van der Waals surface area contributed by atoms with Crippen LogP contribution in [-0.4, -0.2) is 14.9 Å². The van der Waals surface area contributed by atoms with Crippen LogP contribution in [0.4, 0.5) is 23.2 Å². The number of nitrogen functional groups attached to an aromatic ring is 1. The van der Waals surface area contributed by atoms with Crippen LogP contribution in [0.25, 0.3) is 11.3 Å². The van der Waals surface area contributed by atoms with Crippen LogP contribution in [0.5, 0.6) is 5.75 Å². The van der Waals surface area contributed by atoms with E-state index in [0.29, 0.717) is 10.7 Å². The van der Waals surface area contributed by atoms with Crippen LogP contribution < -0.4 is 5.73 Å². The van der Waals surface area contributed by atoms with Gasteiger partial charge in [-0.3, -0.25) is 4.68 Å². The molecule has 20 heavy (non-hydrogen) atoms. The quantitative estimate of drug-likeness (QED) is 0.483. The summed E-state index contributed by atoms with van der Waals surface area (Å²) in [5, 5.41) is 12.8. The van der Waals surface area contributed by atoms with E-state index in [-0.39, 0.29) is 10.7 Å². The molecule has 0 unspecified atom stereocenters. The van der Waals surface area contributed by atoms with Gasteiger partial charge in [0.05, 0.1) is 22.0 Å². The molecule has 2 rings (SSSR count). The molecule has 0 saturated heterocycles. The van der Waals surface area contributed by atoms with Crippen molar-refractivity contribution in [1.29, 1.82) is 0 Å². The lowest BCUT2D eigenvalue weighted by Crippen LogP contribution is -2.11. The number of nitrogens with two attached hydrogens (primary N) is 1. The van der Waals surface area contributed by atoms with E-state index in [2.05, 4.69) is 5.10 Å². The minimum atomic E-state index is -4.64. The third kappa shape index (κ3) is 2.26. The molecule has 0 aliphatic carbocycles. The lowest BCUT2D eigenvalue weighted by atomic mass is 10.1. The number of anilines is 1. The summed E-state index contributed by atoms with van der Waals surface area (Å²) < 4.78 is 52.4. The maximum absolute atomic E-state index is 13.8. The number of halogens is 5. The number of alkyl halides is 3. The monoisotopic (exact) mass is 309 g/mol. The zero-order chi connectivity index (χ0) is 15.2. The molecule has 0 spiro atoms. The number of aromatic nitrogens is 2. The molecule has 2 aromatic rings. The molecule has 1 aromatic carbocycles. The lowest BCUT2D eigenvalue weighted by Gasteiger charge is -2.08. The minimum absolute atomic E-state index is 0.337. The fourth-order valence-corrected chi connectivity index (χ4v) is 1.94. The molecular weight excluding hydrogens is 302 g/mol. The molecule has 0 saturated carbocycles. The number of phenols is 1. The van der Waals surface area contributed by atoms with Crippen molar-refractivity contribution in [3.8, 4) is 17.0 Å². The molecule has 0 fully saturated rings. The van der Waals surface area contributed by atoms with E-state index in [9.17, 15) is 22.7 Å². The van der Waals surface area contributed by atoms with Crippen molar-refractivity contribution in [1.82, 2.24) is 9.78 Å². The minimum Gasteiger partial charge on any atom is -0.504 e. The third-order valence-electron chi connectivity index (χ3n) is 2.67. The zero-order valence-corrected chi connectivity index (χ0v) is 10.7. The van der Waals surface area contributed by atoms with Crippen molar-refractivity contribution >= 4 is 17.3 Å². The molecule has 4 nitrogen and oxygen atoms in total. The Hall–Kier alpha value is -1.96. The number of aromatic hydroxyl groups is 1. The van der Waals surface area contributed by atoms with Crippen LogP contribution >= 0.6 is 11.6 Å². The average Bonchev–Trinajstić information content (AvgIpc) is 2.68. The van der Waals surface area contributed by atoms with Crippen molar-refractivity contribution in [2.45, 2.75) is 6.18 Å². The fourth-order valence-electron chi connectivity index (χ4n) is 1.74. The summed E-state index contributed by atoms with van der Waals surface area (Å²) >= 11 is 5.51. The smallest absolute Gasteiger partial charge is 0.433 e. The van der Waals surface area contributed by atoms with Crippen LogP contribution in [0, 0.1) is 5.82 Å². The Labute approximate surface area is 115 Å². The molecule has 0 bridgehead atoms. The van der Waals surface area contributed by atoms with Crippen molar-refractivity contribution in [2.75, 3.05) is 5.73 Å². The Morgan fingerprint density at radius 2 is 1.95 bits per heavy atom. The normalized spacial score (nSPS) is 11.9. The van der Waals surface area contributed by atoms with Gasteiger partial charge in [-0.2, -0.15) is 18.3 Å². The number of rotatable bonds is 1. The van der Waals surface area contributed by atoms with Gasteiger partial charge in [0, 0.05) is 7.05 Å². The van der Waals surface area contributed by atoms with Crippen molar-refractivity contribution in [3.63, 3.8) is 0 Å². The highest BCUT2D eigenvalue weighted by Gasteiger charge is 2.35. The predicted molar refractivity (Wildman–Crippen MR) is 64.7 cm³/mol. The van der Waals surface area contributed by atoms with Crippen LogP contribution in [-0.2, 0) is 13.2 Å². The molecule has 108 valence electrons. The maximum Gasteiger partial charge on any atom is 0.433 e. The van der Waals surface area contributed by atoms with Crippen LogP contribution in [0.2, 0.25) is 5.02 Å². The highest BCUT2D eigenvalue weighted by Crippen LogP contribution is 2.41. The van der Waals surface area contributed by atoms with E-state index in [4.69, 9.17) is 17.3 Å². The summed E-state index contributed by atoms with van der Waals surface area (Å²) in [4.78, 5) is 0. The molecule has 0 radical (unpaired) electrons. The van der Waals surface area contributed by atoms with Gasteiger partial charge in [0.1, 0.15) is 11.5 Å². The zero-order valence-electron chi connectivity index (χ0n) is 9.96. The van der Waals surface area contributed by atoms with Gasteiger partial charge in [-0.05, 0) is 12.1 Å². The number of hydrogen-bond acceptors (Lipinski definition) is 3. The highest BCUT2D eigenvalue weighted by atomic mass is 35.5. The van der Waals surface area contributed by atoms with Crippen LogP contribution in [0.3, 0.4) is 0 Å². The average molecular weight is 310 g/mol. The topological polar surface area (TPSA) is 64.1 Å². The first kappa shape index (κ1) is 14.4. The van der Waals surface area contributed by atoms with E-state index < -0.39 is 34.7 Å². The summed E-state index contributed by atoms with van der Waals surface area (Å²) in [6.07, 6.45) is -4.64. The van der Waals surface area contributed by atoms with Gasteiger partial charge in [0.2, 0.25) is 0 Å². The van der Waals surface area contributed by atoms with E-state index in [1.807, 2.05) is 0 Å². The van der Waals surface area contributed by atoms with Crippen LogP contribution in [0.15, 0.2) is 12.1 Å². The summed E-state index contributed by atoms with van der Waals surface area (Å²) in [6.45, 7) is 0. The molecular formula is C11H8ClF4N3O. The van der Waals surface area contributed by atoms with E-state index in [1.54, 1.807) is 0 Å². The molecule has 0 aliphatic heterocycles. The number of hydrogen-bond donors (Lipinski definition) is 2. The Bertz CT molecular complexity index is 681. The van der Waals surface area contributed by atoms with Gasteiger partial charge in [-0.15, -0.1) is 0 Å². The number of phenolic OH excluding ortho intramolecular Hbond substituents is 1. The Balaban J connectivity index is 2.68. The lowest BCUT2D eigenvalue weighted by molar-refractivity contribution is -0.143. The van der Waals surface area contributed by atoms with Gasteiger partial charge in [-0.25, -0.2) is 4.39 Å². The van der Waals surface area contributed by atoms with Gasteiger partial charge in [-0.1, -0.05) is 11.6 Å². The van der Waals surface area contributed by atoms with E-state index in [1.165, 1.54) is 0 Å². The Morgan fingerprint density at radius 1 is 1.35 bits per heavy atom. The van der Waals surface area contributed by atoms with Crippen molar-refractivity contribution in [3.05, 3.63) is 28.7 Å². The van der Waals surface area contributed by atoms with Gasteiger partial charge in [0.15, 0.2) is 5.75 Å². The van der Waals surface area contributed by atoms with Gasteiger partial charge in [0.25, 0.3) is 0 Å². The predicted octanol–water partition coefficient (Wildman–Crippen LogP) is 3.19. The fraction of sp³-hybridized carbons (Fsp3) is 0.182. The molecule has 1 aromatic heterocycles. The molecule has 0 atom stereocenters. The molecule has 0 aliphatic rings. The molecule has 0 amide bonds. The first-order valence-corrected chi connectivity index (χ1v) is 5.58. The van der Waals surface area contributed by atoms with Crippen LogP contribution in [0.1, 0.15) is 5.69 Å². The van der Waals surface area contributed by atoms with Crippen molar-refractivity contribution in [2.24, 2.45) is 7.05 Å². The first-order valence-electron chi connectivity index (χ1n) is 5.21. The number of nitrogens with zero attached hydrogens (tertiary/aromatic N) is 2. The summed E-state index contributed by atoms with van der Waals surface area (Å²) in [6, 6.07) is 1.40. The Morgan fingerprint density at radius 3 is 2.45 bits per heavy atom. The largest absolute Gasteiger partial charge is 0.504 e. The second-order valence-corrected chi connectivity index (χ2v) is 4.42. The molecule has 9 heteroatoms.